The Morgan fingerprint density at radius 2 is 1.74 bits per heavy atom. The van der Waals surface area contributed by atoms with Crippen LogP contribution in [0.25, 0.3) is 10.6 Å². The average molecular weight is 276 g/mol. The quantitative estimate of drug-likeness (QED) is 0.862. The van der Waals surface area contributed by atoms with Crippen LogP contribution in [0.15, 0.2) is 24.3 Å². The molecule has 0 fully saturated rings. The summed E-state index contributed by atoms with van der Waals surface area (Å²) in [7, 11) is 5.70. The van der Waals surface area contributed by atoms with E-state index in [0.717, 1.165) is 16.3 Å². The normalized spacial score (nSPS) is 10.3. The summed E-state index contributed by atoms with van der Waals surface area (Å²) >= 11 is 1.41. The number of nitrogens with zero attached hydrogens (tertiary/aromatic N) is 4. The number of amides is 1. The summed E-state index contributed by atoms with van der Waals surface area (Å²) in [6.45, 7) is 1.51. The Morgan fingerprint density at radius 1 is 1.11 bits per heavy atom. The number of carbonyl (C=O) groups is 1. The molecule has 0 bridgehead atoms. The number of aromatic nitrogens is 2. The van der Waals surface area contributed by atoms with Gasteiger partial charge in [-0.1, -0.05) is 11.3 Å². The first-order valence-electron chi connectivity index (χ1n) is 5.84. The monoisotopic (exact) mass is 276 g/mol. The predicted molar refractivity (Wildman–Crippen MR) is 78.8 cm³/mol. The van der Waals surface area contributed by atoms with Crippen LogP contribution < -0.4 is 9.80 Å². The van der Waals surface area contributed by atoms with Crippen molar-refractivity contribution < 1.29 is 4.79 Å². The lowest BCUT2D eigenvalue weighted by molar-refractivity contribution is -0.116. The minimum atomic E-state index is -0.0503. The Hall–Kier alpha value is -1.95. The molecule has 1 aromatic carbocycles. The third-order valence-corrected chi connectivity index (χ3v) is 3.85. The minimum absolute atomic E-state index is 0.0503. The van der Waals surface area contributed by atoms with Crippen LogP contribution in [-0.2, 0) is 4.79 Å². The molecule has 0 radical (unpaired) electrons. The second-order valence-electron chi connectivity index (χ2n) is 4.41. The van der Waals surface area contributed by atoms with E-state index in [9.17, 15) is 4.79 Å². The van der Waals surface area contributed by atoms with Crippen LogP contribution in [-0.4, -0.2) is 37.2 Å². The number of hydrogen-bond donors (Lipinski definition) is 0. The molecule has 0 spiro atoms. The van der Waals surface area contributed by atoms with Gasteiger partial charge in [0.1, 0.15) is 5.01 Å². The van der Waals surface area contributed by atoms with Gasteiger partial charge in [-0.15, -0.1) is 10.2 Å². The number of carbonyl (C=O) groups excluding carboxylic acids is 1. The molecule has 0 aliphatic carbocycles. The summed E-state index contributed by atoms with van der Waals surface area (Å²) < 4.78 is 0. The molecule has 0 unspecified atom stereocenters. The summed E-state index contributed by atoms with van der Waals surface area (Å²) in [6, 6.07) is 8.08. The van der Waals surface area contributed by atoms with Crippen LogP contribution in [0, 0.1) is 0 Å². The van der Waals surface area contributed by atoms with Gasteiger partial charge in [-0.2, -0.15) is 0 Å². The van der Waals surface area contributed by atoms with Gasteiger partial charge in [0, 0.05) is 39.3 Å². The van der Waals surface area contributed by atoms with E-state index < -0.39 is 0 Å². The van der Waals surface area contributed by atoms with Crippen molar-refractivity contribution in [3.63, 3.8) is 0 Å². The van der Waals surface area contributed by atoms with Crippen LogP contribution in [0.3, 0.4) is 0 Å². The second-order valence-corrected chi connectivity index (χ2v) is 5.37. The van der Waals surface area contributed by atoms with Gasteiger partial charge >= 0.3 is 0 Å². The third kappa shape index (κ3) is 2.90. The van der Waals surface area contributed by atoms with E-state index in [2.05, 4.69) is 10.2 Å². The van der Waals surface area contributed by atoms with Gasteiger partial charge in [0.15, 0.2) is 0 Å². The standard InChI is InChI=1S/C13H16N4OS/c1-9(18)17(4)13-15-14-12(19-13)10-5-7-11(8-6-10)16(2)3/h5-8H,1-4H3. The van der Waals surface area contributed by atoms with E-state index in [1.54, 1.807) is 7.05 Å². The molecule has 2 aromatic rings. The molecule has 0 atom stereocenters. The molecule has 100 valence electrons. The molecule has 1 amide bonds. The van der Waals surface area contributed by atoms with Crippen LogP contribution in [0.1, 0.15) is 6.92 Å². The van der Waals surface area contributed by atoms with Crippen molar-refractivity contribution >= 4 is 28.1 Å². The molecule has 6 heteroatoms. The third-order valence-electron chi connectivity index (χ3n) is 2.80. The van der Waals surface area contributed by atoms with Crippen molar-refractivity contribution in [2.75, 3.05) is 30.9 Å². The number of rotatable bonds is 3. The Balaban J connectivity index is 2.25. The van der Waals surface area contributed by atoms with Crippen molar-refractivity contribution in [3.05, 3.63) is 24.3 Å². The fraction of sp³-hybridized carbons (Fsp3) is 0.308. The van der Waals surface area contributed by atoms with Crippen molar-refractivity contribution in [2.24, 2.45) is 0 Å². The second kappa shape index (κ2) is 5.36. The fourth-order valence-electron chi connectivity index (χ4n) is 1.50. The van der Waals surface area contributed by atoms with Crippen LogP contribution in [0.4, 0.5) is 10.8 Å². The molecule has 5 nitrogen and oxygen atoms in total. The van der Waals surface area contributed by atoms with E-state index in [1.165, 1.54) is 23.2 Å². The highest BCUT2D eigenvalue weighted by Crippen LogP contribution is 2.29. The molecule has 19 heavy (non-hydrogen) atoms. The lowest BCUT2D eigenvalue weighted by atomic mass is 10.2. The van der Waals surface area contributed by atoms with Gasteiger partial charge in [0.25, 0.3) is 0 Å². The van der Waals surface area contributed by atoms with E-state index in [4.69, 9.17) is 0 Å². The van der Waals surface area contributed by atoms with Gasteiger partial charge in [-0.25, -0.2) is 0 Å². The van der Waals surface area contributed by atoms with E-state index in [-0.39, 0.29) is 5.91 Å². The molecule has 0 aliphatic rings. The molecule has 0 N–H and O–H groups in total. The Bertz CT molecular complexity index is 577. The highest BCUT2D eigenvalue weighted by molar-refractivity contribution is 7.18. The Labute approximate surface area is 116 Å². The lowest BCUT2D eigenvalue weighted by Gasteiger charge is -2.11. The molecule has 0 saturated carbocycles. The Morgan fingerprint density at radius 3 is 2.26 bits per heavy atom. The lowest BCUT2D eigenvalue weighted by Crippen LogP contribution is -2.22. The van der Waals surface area contributed by atoms with Gasteiger partial charge in [-0.3, -0.25) is 9.69 Å². The number of hydrogen-bond acceptors (Lipinski definition) is 5. The van der Waals surface area contributed by atoms with Crippen molar-refractivity contribution in [1.82, 2.24) is 10.2 Å². The van der Waals surface area contributed by atoms with Gasteiger partial charge in [0.2, 0.25) is 11.0 Å². The largest absolute Gasteiger partial charge is 0.378 e. The molecular weight excluding hydrogens is 260 g/mol. The molecule has 0 aliphatic heterocycles. The van der Waals surface area contributed by atoms with E-state index in [1.807, 2.05) is 43.3 Å². The number of benzene rings is 1. The molecule has 2 rings (SSSR count). The zero-order valence-electron chi connectivity index (χ0n) is 11.4. The van der Waals surface area contributed by atoms with Crippen LogP contribution in [0.2, 0.25) is 0 Å². The average Bonchev–Trinajstić information content (AvgIpc) is 2.87. The van der Waals surface area contributed by atoms with Gasteiger partial charge in [0.05, 0.1) is 0 Å². The summed E-state index contributed by atoms with van der Waals surface area (Å²) in [4.78, 5) is 14.8. The number of anilines is 2. The minimum Gasteiger partial charge on any atom is -0.378 e. The predicted octanol–water partition coefficient (Wildman–Crippen LogP) is 2.25. The van der Waals surface area contributed by atoms with Crippen molar-refractivity contribution in [2.45, 2.75) is 6.92 Å². The first kappa shape index (κ1) is 13.5. The summed E-state index contributed by atoms with van der Waals surface area (Å²) in [5.41, 5.74) is 2.14. The topological polar surface area (TPSA) is 49.3 Å². The summed E-state index contributed by atoms with van der Waals surface area (Å²) in [5.74, 6) is -0.0503. The van der Waals surface area contributed by atoms with Crippen LogP contribution >= 0.6 is 11.3 Å². The highest BCUT2D eigenvalue weighted by atomic mass is 32.1. The van der Waals surface area contributed by atoms with Gasteiger partial charge in [-0.05, 0) is 24.3 Å². The first-order chi connectivity index (χ1) is 8.99. The smallest absolute Gasteiger partial charge is 0.225 e. The fourth-order valence-corrected chi connectivity index (χ4v) is 2.36. The van der Waals surface area contributed by atoms with Crippen molar-refractivity contribution in [3.8, 4) is 10.6 Å². The zero-order valence-corrected chi connectivity index (χ0v) is 12.2. The summed E-state index contributed by atoms with van der Waals surface area (Å²) in [6.07, 6.45) is 0. The van der Waals surface area contributed by atoms with Crippen molar-refractivity contribution in [1.29, 1.82) is 0 Å². The Kier molecular flexibility index (Phi) is 3.80. The van der Waals surface area contributed by atoms with Gasteiger partial charge < -0.3 is 4.90 Å². The molecule has 0 saturated heterocycles. The first-order valence-corrected chi connectivity index (χ1v) is 6.66. The SMILES string of the molecule is CC(=O)N(C)c1nnc(-c2ccc(N(C)C)cc2)s1. The maximum absolute atomic E-state index is 11.3. The highest BCUT2D eigenvalue weighted by Gasteiger charge is 2.13. The summed E-state index contributed by atoms with van der Waals surface area (Å²) in [5, 5.41) is 9.58. The maximum atomic E-state index is 11.3. The maximum Gasteiger partial charge on any atom is 0.225 e. The zero-order chi connectivity index (χ0) is 14.0. The van der Waals surface area contributed by atoms with Crippen LogP contribution in [0.5, 0.6) is 0 Å². The molecule has 1 heterocycles. The van der Waals surface area contributed by atoms with E-state index >= 15 is 0 Å². The van der Waals surface area contributed by atoms with E-state index in [0.29, 0.717) is 5.13 Å². The molecule has 1 aromatic heterocycles. The molecular formula is C13H16N4OS.